The Morgan fingerprint density at radius 3 is 2.20 bits per heavy atom. The average Bonchev–Trinajstić information content (AvgIpc) is 1.99. The van der Waals surface area contributed by atoms with Crippen LogP contribution in [-0.2, 0) is 4.74 Å². The zero-order valence-corrected chi connectivity index (χ0v) is 6.58. The van der Waals surface area contributed by atoms with Crippen molar-refractivity contribution in [2.45, 2.75) is 39.1 Å². The first-order valence-electron chi connectivity index (χ1n) is 3.68. The van der Waals surface area contributed by atoms with Gasteiger partial charge in [-0.1, -0.05) is 13.8 Å². The molecule has 2 unspecified atom stereocenters. The second kappa shape index (κ2) is 5.65. The lowest BCUT2D eigenvalue weighted by molar-refractivity contribution is -0.122. The molecule has 3 heteroatoms. The van der Waals surface area contributed by atoms with Gasteiger partial charge >= 0.3 is 0 Å². The molecule has 10 heavy (non-hydrogen) atoms. The lowest BCUT2D eigenvalue weighted by atomic mass is 10.3. The van der Waals surface area contributed by atoms with Crippen LogP contribution in [0.5, 0.6) is 0 Å². The molecule has 0 fully saturated rings. The van der Waals surface area contributed by atoms with Crippen molar-refractivity contribution in [1.29, 1.82) is 0 Å². The fourth-order valence-corrected chi connectivity index (χ4v) is 0.458. The van der Waals surface area contributed by atoms with E-state index in [2.05, 4.69) is 0 Å². The third kappa shape index (κ3) is 4.73. The van der Waals surface area contributed by atoms with Crippen LogP contribution >= 0.6 is 0 Å². The monoisotopic (exact) mass is 148 g/mol. The van der Waals surface area contributed by atoms with Gasteiger partial charge in [-0.25, -0.2) is 0 Å². The van der Waals surface area contributed by atoms with E-state index in [1.165, 1.54) is 0 Å². The molecule has 0 aromatic carbocycles. The molecule has 0 aliphatic carbocycles. The second-order valence-corrected chi connectivity index (χ2v) is 2.26. The normalized spacial score (nSPS) is 16.8. The largest absolute Gasteiger partial charge is 0.391 e. The molecular formula is C7H16O3. The highest BCUT2D eigenvalue weighted by Crippen LogP contribution is 1.96. The third-order valence-electron chi connectivity index (χ3n) is 1.30. The molecule has 0 aromatic rings. The number of hydrogen-bond acceptors (Lipinski definition) is 3. The van der Waals surface area contributed by atoms with E-state index < -0.39 is 12.4 Å². The maximum atomic E-state index is 8.97. The van der Waals surface area contributed by atoms with Gasteiger partial charge in [-0.05, 0) is 12.8 Å². The van der Waals surface area contributed by atoms with Crippen molar-refractivity contribution in [3.63, 3.8) is 0 Å². The van der Waals surface area contributed by atoms with Crippen molar-refractivity contribution in [2.24, 2.45) is 0 Å². The van der Waals surface area contributed by atoms with Gasteiger partial charge in [0, 0.05) is 0 Å². The predicted octanol–water partition coefficient (Wildman–Crippen LogP) is 0.502. The summed E-state index contributed by atoms with van der Waals surface area (Å²) in [7, 11) is 0. The Morgan fingerprint density at radius 2 is 1.80 bits per heavy atom. The van der Waals surface area contributed by atoms with Crippen molar-refractivity contribution in [2.75, 3.05) is 6.61 Å². The fraction of sp³-hybridized carbons (Fsp3) is 1.00. The summed E-state index contributed by atoms with van der Waals surface area (Å²) >= 11 is 0. The summed E-state index contributed by atoms with van der Waals surface area (Å²) in [6.45, 7) is 3.92. The standard InChI is InChI=1S/C7H16O3/c1-3-6(8)5-10-7(9)4-2/h6-9H,3-5H2,1-2H3. The fourth-order valence-electron chi connectivity index (χ4n) is 0.458. The number of hydrogen-bond donors (Lipinski definition) is 2. The Balaban J connectivity index is 3.17. The van der Waals surface area contributed by atoms with Crippen LogP contribution in [-0.4, -0.2) is 29.2 Å². The van der Waals surface area contributed by atoms with Crippen LogP contribution in [0.4, 0.5) is 0 Å². The molecule has 0 aromatic heterocycles. The van der Waals surface area contributed by atoms with Crippen LogP contribution in [0.3, 0.4) is 0 Å². The molecule has 62 valence electrons. The number of ether oxygens (including phenoxy) is 1. The van der Waals surface area contributed by atoms with Gasteiger partial charge in [-0.3, -0.25) is 0 Å². The summed E-state index contributed by atoms with van der Waals surface area (Å²) in [5, 5.41) is 17.8. The van der Waals surface area contributed by atoms with Gasteiger partial charge in [0.25, 0.3) is 0 Å². The lowest BCUT2D eigenvalue weighted by Gasteiger charge is -2.12. The zero-order chi connectivity index (χ0) is 7.98. The summed E-state index contributed by atoms with van der Waals surface area (Å²) in [5.74, 6) is 0. The average molecular weight is 148 g/mol. The van der Waals surface area contributed by atoms with E-state index in [0.717, 1.165) is 0 Å². The highest BCUT2D eigenvalue weighted by atomic mass is 16.6. The van der Waals surface area contributed by atoms with E-state index in [4.69, 9.17) is 14.9 Å². The number of rotatable bonds is 5. The van der Waals surface area contributed by atoms with E-state index in [1.807, 2.05) is 13.8 Å². The van der Waals surface area contributed by atoms with Crippen molar-refractivity contribution < 1.29 is 14.9 Å². The lowest BCUT2D eigenvalue weighted by Crippen LogP contribution is -2.20. The van der Waals surface area contributed by atoms with Crippen molar-refractivity contribution in [3.8, 4) is 0 Å². The number of aliphatic hydroxyl groups excluding tert-OH is 2. The van der Waals surface area contributed by atoms with Crippen LogP contribution in [0.25, 0.3) is 0 Å². The van der Waals surface area contributed by atoms with Crippen molar-refractivity contribution >= 4 is 0 Å². The second-order valence-electron chi connectivity index (χ2n) is 2.26. The van der Waals surface area contributed by atoms with E-state index >= 15 is 0 Å². The van der Waals surface area contributed by atoms with E-state index in [1.54, 1.807) is 0 Å². The van der Waals surface area contributed by atoms with E-state index in [-0.39, 0.29) is 6.61 Å². The van der Waals surface area contributed by atoms with Crippen LogP contribution in [0, 0.1) is 0 Å². The van der Waals surface area contributed by atoms with Gasteiger partial charge in [0.15, 0.2) is 6.29 Å². The molecule has 3 nitrogen and oxygen atoms in total. The Kier molecular flexibility index (Phi) is 5.58. The summed E-state index contributed by atoms with van der Waals surface area (Å²) < 4.78 is 4.85. The van der Waals surface area contributed by atoms with Crippen LogP contribution in [0.2, 0.25) is 0 Å². The molecule has 0 amide bonds. The Morgan fingerprint density at radius 1 is 1.20 bits per heavy atom. The smallest absolute Gasteiger partial charge is 0.154 e. The van der Waals surface area contributed by atoms with Crippen LogP contribution in [0.1, 0.15) is 26.7 Å². The Hall–Kier alpha value is -0.120. The summed E-state index contributed by atoms with van der Waals surface area (Å²) in [6.07, 6.45) is 0.0646. The zero-order valence-electron chi connectivity index (χ0n) is 6.58. The molecular weight excluding hydrogens is 132 g/mol. The quantitative estimate of drug-likeness (QED) is 0.558. The van der Waals surface area contributed by atoms with Gasteiger partial charge in [0.1, 0.15) is 0 Å². The third-order valence-corrected chi connectivity index (χ3v) is 1.30. The van der Waals surface area contributed by atoms with Gasteiger partial charge < -0.3 is 14.9 Å². The molecule has 2 N–H and O–H groups in total. The SMILES string of the molecule is CCC(O)COC(O)CC. The molecule has 0 aliphatic heterocycles. The van der Waals surface area contributed by atoms with Crippen molar-refractivity contribution in [3.05, 3.63) is 0 Å². The molecule has 2 atom stereocenters. The van der Waals surface area contributed by atoms with Gasteiger partial charge in [-0.2, -0.15) is 0 Å². The Bertz CT molecular complexity index is 65.3. The molecule has 0 bridgehead atoms. The molecule has 0 spiro atoms. The predicted molar refractivity (Wildman–Crippen MR) is 38.5 cm³/mol. The maximum Gasteiger partial charge on any atom is 0.154 e. The molecule has 0 radical (unpaired) electrons. The van der Waals surface area contributed by atoms with Crippen LogP contribution < -0.4 is 0 Å². The van der Waals surface area contributed by atoms with Gasteiger partial charge in [0.2, 0.25) is 0 Å². The molecule has 0 rings (SSSR count). The minimum absolute atomic E-state index is 0.228. The summed E-state index contributed by atoms with van der Waals surface area (Å²) in [5.41, 5.74) is 0. The first-order chi connectivity index (χ1) is 4.70. The van der Waals surface area contributed by atoms with E-state index in [9.17, 15) is 0 Å². The van der Waals surface area contributed by atoms with E-state index in [0.29, 0.717) is 12.8 Å². The highest BCUT2D eigenvalue weighted by molar-refractivity contribution is 4.48. The molecule has 0 saturated carbocycles. The first kappa shape index (κ1) is 9.88. The topological polar surface area (TPSA) is 49.7 Å². The Labute approximate surface area is 61.6 Å². The van der Waals surface area contributed by atoms with Crippen molar-refractivity contribution in [1.82, 2.24) is 0 Å². The minimum Gasteiger partial charge on any atom is -0.391 e. The maximum absolute atomic E-state index is 8.97. The van der Waals surface area contributed by atoms with Crippen LogP contribution in [0.15, 0.2) is 0 Å². The molecule has 0 saturated heterocycles. The highest BCUT2D eigenvalue weighted by Gasteiger charge is 2.04. The molecule has 0 heterocycles. The van der Waals surface area contributed by atoms with Gasteiger partial charge in [-0.15, -0.1) is 0 Å². The summed E-state index contributed by atoms with van der Waals surface area (Å²) in [4.78, 5) is 0. The van der Waals surface area contributed by atoms with Gasteiger partial charge in [0.05, 0.1) is 12.7 Å². The first-order valence-corrected chi connectivity index (χ1v) is 3.68. The number of aliphatic hydroxyl groups is 2. The summed E-state index contributed by atoms with van der Waals surface area (Å²) in [6, 6.07) is 0. The molecule has 0 aliphatic rings. The minimum atomic E-state index is -0.721.